The molecule has 0 heterocycles. The van der Waals surface area contributed by atoms with Crippen molar-refractivity contribution in [1.29, 1.82) is 5.26 Å². The highest BCUT2D eigenvalue weighted by atomic mass is 14.4. The lowest BCUT2D eigenvalue weighted by Gasteiger charge is -2.38. The largest absolute Gasteiger partial charge is 0.192 e. The summed E-state index contributed by atoms with van der Waals surface area (Å²) < 4.78 is 0. The molecule has 2 fully saturated rings. The maximum atomic E-state index is 8.90. The lowest BCUT2D eigenvalue weighted by molar-refractivity contribution is 0.157. The van der Waals surface area contributed by atoms with E-state index in [1.165, 1.54) is 69.8 Å². The van der Waals surface area contributed by atoms with Crippen molar-refractivity contribution >= 4 is 0 Å². The molecular formula is C31H35N. The van der Waals surface area contributed by atoms with Gasteiger partial charge in [0.1, 0.15) is 0 Å². The fourth-order valence-corrected chi connectivity index (χ4v) is 5.84. The average molecular weight is 422 g/mol. The van der Waals surface area contributed by atoms with Gasteiger partial charge in [-0.1, -0.05) is 42.9 Å². The van der Waals surface area contributed by atoms with Crippen LogP contribution in [-0.4, -0.2) is 0 Å². The first-order valence-electron chi connectivity index (χ1n) is 12.5. The van der Waals surface area contributed by atoms with E-state index in [-0.39, 0.29) is 0 Å². The smallest absolute Gasteiger partial charge is 0.0991 e. The maximum absolute atomic E-state index is 8.90. The van der Waals surface area contributed by atoms with E-state index in [1.54, 1.807) is 0 Å². The molecule has 0 saturated heterocycles. The van der Waals surface area contributed by atoms with Gasteiger partial charge in [0.25, 0.3) is 0 Å². The van der Waals surface area contributed by atoms with Crippen LogP contribution in [0.2, 0.25) is 0 Å². The van der Waals surface area contributed by atoms with Gasteiger partial charge in [-0.15, -0.1) is 6.58 Å². The molecule has 2 saturated carbocycles. The Morgan fingerprint density at radius 2 is 1.22 bits per heavy atom. The van der Waals surface area contributed by atoms with Crippen LogP contribution in [0.5, 0.6) is 0 Å². The molecule has 32 heavy (non-hydrogen) atoms. The van der Waals surface area contributed by atoms with Crippen LogP contribution in [0.15, 0.2) is 61.2 Å². The van der Waals surface area contributed by atoms with Crippen LogP contribution in [-0.2, 0) is 0 Å². The number of nitrogens with zero attached hydrogens (tertiary/aromatic N) is 1. The first-order valence-corrected chi connectivity index (χ1v) is 12.5. The van der Waals surface area contributed by atoms with E-state index in [2.05, 4.69) is 54.8 Å². The minimum Gasteiger partial charge on any atom is -0.192 e. The molecule has 2 aromatic rings. The molecule has 4 rings (SSSR count). The molecule has 2 aromatic carbocycles. The number of benzene rings is 2. The Morgan fingerprint density at radius 1 is 0.719 bits per heavy atom. The lowest BCUT2D eigenvalue weighted by atomic mass is 9.68. The van der Waals surface area contributed by atoms with Gasteiger partial charge in [-0.05, 0) is 117 Å². The summed E-state index contributed by atoms with van der Waals surface area (Å²) in [5.74, 6) is 10.1. The third-order valence-electron chi connectivity index (χ3n) is 7.86. The fraction of sp³-hybridized carbons (Fsp3) is 0.452. The summed E-state index contributed by atoms with van der Waals surface area (Å²) in [7, 11) is 0. The molecule has 0 radical (unpaired) electrons. The van der Waals surface area contributed by atoms with Crippen LogP contribution in [0.4, 0.5) is 0 Å². The first kappa shape index (κ1) is 22.4. The zero-order valence-electron chi connectivity index (χ0n) is 19.2. The Labute approximate surface area is 194 Å². The summed E-state index contributed by atoms with van der Waals surface area (Å²) >= 11 is 0. The second-order valence-corrected chi connectivity index (χ2v) is 9.82. The molecule has 0 bridgehead atoms. The minimum atomic E-state index is 0.672. The number of hydrogen-bond donors (Lipinski definition) is 0. The van der Waals surface area contributed by atoms with Gasteiger partial charge >= 0.3 is 0 Å². The van der Waals surface area contributed by atoms with Crippen molar-refractivity contribution in [2.45, 2.75) is 70.1 Å². The Kier molecular flexibility index (Phi) is 7.85. The third-order valence-corrected chi connectivity index (χ3v) is 7.86. The summed E-state index contributed by atoms with van der Waals surface area (Å²) in [6.07, 6.45) is 16.0. The van der Waals surface area contributed by atoms with Gasteiger partial charge in [0, 0.05) is 11.1 Å². The van der Waals surface area contributed by atoms with Crippen LogP contribution in [0.3, 0.4) is 0 Å². The molecule has 0 N–H and O–H groups in total. The predicted molar refractivity (Wildman–Crippen MR) is 133 cm³/mol. The summed E-state index contributed by atoms with van der Waals surface area (Å²) in [6, 6.07) is 18.5. The number of hydrogen-bond acceptors (Lipinski definition) is 1. The van der Waals surface area contributed by atoms with E-state index in [0.717, 1.165) is 34.8 Å². The fourth-order valence-electron chi connectivity index (χ4n) is 5.84. The zero-order chi connectivity index (χ0) is 22.2. The predicted octanol–water partition coefficient (Wildman–Crippen LogP) is 8.00. The van der Waals surface area contributed by atoms with Crippen molar-refractivity contribution in [3.63, 3.8) is 0 Å². The van der Waals surface area contributed by atoms with E-state index in [1.807, 2.05) is 24.3 Å². The molecule has 0 amide bonds. The third kappa shape index (κ3) is 5.93. The van der Waals surface area contributed by atoms with Crippen LogP contribution < -0.4 is 0 Å². The monoisotopic (exact) mass is 421 g/mol. The molecule has 1 nitrogen and oxygen atoms in total. The van der Waals surface area contributed by atoms with E-state index in [9.17, 15) is 0 Å². The van der Waals surface area contributed by atoms with Crippen molar-refractivity contribution < 1.29 is 0 Å². The van der Waals surface area contributed by atoms with Crippen LogP contribution in [0.1, 0.15) is 92.4 Å². The van der Waals surface area contributed by atoms with Crippen molar-refractivity contribution in [2.75, 3.05) is 0 Å². The maximum Gasteiger partial charge on any atom is 0.0991 e. The van der Waals surface area contributed by atoms with Gasteiger partial charge in [-0.2, -0.15) is 5.26 Å². The standard InChI is InChI=1S/C31H35N/c1-2-3-4-24-11-15-28(16-12-24)30-19-21-31(22-20-30)29-17-13-26(14-18-29)6-5-25-7-9-27(23-32)10-8-25/h2,7-10,13-14,17-18,24,28,30-31H,1,3-4,11-12,15-16,19-22H2. The van der Waals surface area contributed by atoms with Crippen LogP contribution >= 0.6 is 0 Å². The number of rotatable bonds is 5. The second-order valence-electron chi connectivity index (χ2n) is 9.82. The van der Waals surface area contributed by atoms with Gasteiger partial charge in [0.2, 0.25) is 0 Å². The molecule has 164 valence electrons. The summed E-state index contributed by atoms with van der Waals surface area (Å²) in [4.78, 5) is 0. The van der Waals surface area contributed by atoms with Crippen molar-refractivity contribution in [1.82, 2.24) is 0 Å². The normalized spacial score (nSPS) is 25.2. The Balaban J connectivity index is 1.26. The lowest BCUT2D eigenvalue weighted by Crippen LogP contribution is -2.25. The quantitative estimate of drug-likeness (QED) is 0.354. The molecule has 0 atom stereocenters. The molecule has 0 aromatic heterocycles. The van der Waals surface area contributed by atoms with Gasteiger partial charge in [0.15, 0.2) is 0 Å². The Hall–Kier alpha value is -2.77. The van der Waals surface area contributed by atoms with Gasteiger partial charge in [-0.25, -0.2) is 0 Å². The Bertz CT molecular complexity index is 964. The molecule has 2 aliphatic rings. The molecule has 0 unspecified atom stereocenters. The highest BCUT2D eigenvalue weighted by Gasteiger charge is 2.31. The molecular weight excluding hydrogens is 386 g/mol. The SMILES string of the molecule is C=CCCC1CCC(C2CCC(c3ccc(C#Cc4ccc(C#N)cc4)cc3)CC2)CC1. The van der Waals surface area contributed by atoms with Crippen LogP contribution in [0.25, 0.3) is 0 Å². The molecule has 1 heteroatoms. The highest BCUT2D eigenvalue weighted by molar-refractivity contribution is 5.45. The molecule has 2 aliphatic carbocycles. The Morgan fingerprint density at radius 3 is 1.75 bits per heavy atom. The summed E-state index contributed by atoms with van der Waals surface area (Å²) in [5.41, 5.74) is 4.16. The average Bonchev–Trinajstić information content (AvgIpc) is 2.87. The summed E-state index contributed by atoms with van der Waals surface area (Å²) in [6.45, 7) is 3.88. The highest BCUT2D eigenvalue weighted by Crippen LogP contribution is 2.44. The zero-order valence-corrected chi connectivity index (χ0v) is 19.2. The minimum absolute atomic E-state index is 0.672. The molecule has 0 spiro atoms. The van der Waals surface area contributed by atoms with E-state index in [0.29, 0.717) is 5.56 Å². The van der Waals surface area contributed by atoms with Gasteiger partial charge in [0.05, 0.1) is 11.6 Å². The topological polar surface area (TPSA) is 23.8 Å². The number of nitriles is 1. The second kappa shape index (κ2) is 11.2. The van der Waals surface area contributed by atoms with Gasteiger partial charge in [-0.3, -0.25) is 0 Å². The van der Waals surface area contributed by atoms with Crippen LogP contribution in [0, 0.1) is 40.9 Å². The van der Waals surface area contributed by atoms with Crippen molar-refractivity contribution in [3.8, 4) is 17.9 Å². The number of allylic oxidation sites excluding steroid dienone is 1. The first-order chi connectivity index (χ1) is 15.7. The van der Waals surface area contributed by atoms with E-state index < -0.39 is 0 Å². The van der Waals surface area contributed by atoms with E-state index >= 15 is 0 Å². The summed E-state index contributed by atoms with van der Waals surface area (Å²) in [5, 5.41) is 8.90. The van der Waals surface area contributed by atoms with Crippen molar-refractivity contribution in [3.05, 3.63) is 83.4 Å². The van der Waals surface area contributed by atoms with Crippen molar-refractivity contribution in [2.24, 2.45) is 17.8 Å². The van der Waals surface area contributed by atoms with E-state index in [4.69, 9.17) is 5.26 Å². The molecule has 0 aliphatic heterocycles. The van der Waals surface area contributed by atoms with Gasteiger partial charge < -0.3 is 0 Å².